The minimum atomic E-state index is -1.16. The number of esters is 3. The van der Waals surface area contributed by atoms with E-state index >= 15 is 0 Å². The smallest absolute Gasteiger partial charge is 0.339 e. The van der Waals surface area contributed by atoms with E-state index in [9.17, 15) is 14.4 Å². The van der Waals surface area contributed by atoms with E-state index in [1.54, 1.807) is 27.7 Å². The average Bonchev–Trinajstić information content (AvgIpc) is 3.11. The highest BCUT2D eigenvalue weighted by molar-refractivity contribution is 5.86. The van der Waals surface area contributed by atoms with E-state index < -0.39 is 30.4 Å². The molecule has 4 unspecified atom stereocenters. The predicted molar refractivity (Wildman–Crippen MR) is 84.2 cm³/mol. The highest BCUT2D eigenvalue weighted by Crippen LogP contribution is 2.46. The van der Waals surface area contributed by atoms with Gasteiger partial charge < -0.3 is 23.7 Å². The Balaban J connectivity index is 1.99. The van der Waals surface area contributed by atoms with E-state index in [1.165, 1.54) is 6.92 Å². The number of hydrogen-bond donors (Lipinski definition) is 0. The van der Waals surface area contributed by atoms with Gasteiger partial charge in [0.2, 0.25) is 0 Å². The van der Waals surface area contributed by atoms with Gasteiger partial charge in [-0.25, -0.2) is 9.59 Å². The molecule has 0 amide bonds. The minimum Gasteiger partial charge on any atom is -0.466 e. The van der Waals surface area contributed by atoms with Gasteiger partial charge in [-0.15, -0.1) is 0 Å². The number of hydrogen-bond acceptors (Lipinski definition) is 8. The molecule has 1 aliphatic carbocycles. The lowest BCUT2D eigenvalue weighted by Crippen LogP contribution is -2.40. The number of ether oxygens (including phenoxy) is 5. The third-order valence-corrected chi connectivity index (χ3v) is 3.83. The topological polar surface area (TPSA) is 97.4 Å². The van der Waals surface area contributed by atoms with Gasteiger partial charge in [-0.2, -0.15) is 0 Å². The summed E-state index contributed by atoms with van der Waals surface area (Å²) in [7, 11) is 0. The van der Waals surface area contributed by atoms with Crippen LogP contribution in [0.15, 0.2) is 0 Å². The molecular formula is C17H26O8. The molecule has 25 heavy (non-hydrogen) atoms. The van der Waals surface area contributed by atoms with Crippen LogP contribution in [0.25, 0.3) is 0 Å². The lowest BCUT2D eigenvalue weighted by atomic mass is 10.2. The SMILES string of the molecule is CC(=O)OCC1CC1C1OC(C(=O)OC(C)C)C(C(=O)OC(C)C)O1. The van der Waals surface area contributed by atoms with Gasteiger partial charge in [0, 0.05) is 18.8 Å². The van der Waals surface area contributed by atoms with E-state index in [-0.39, 0.29) is 36.6 Å². The first kappa shape index (κ1) is 19.7. The maximum Gasteiger partial charge on any atom is 0.339 e. The Morgan fingerprint density at radius 1 is 0.960 bits per heavy atom. The maximum absolute atomic E-state index is 12.2. The second-order valence-corrected chi connectivity index (χ2v) is 6.92. The molecule has 142 valence electrons. The first-order valence-electron chi connectivity index (χ1n) is 8.54. The van der Waals surface area contributed by atoms with Crippen LogP contribution in [-0.2, 0) is 38.1 Å². The molecule has 1 saturated carbocycles. The lowest BCUT2D eigenvalue weighted by Gasteiger charge is -2.17. The summed E-state index contributed by atoms with van der Waals surface area (Å²) in [6, 6.07) is 0. The Hall–Kier alpha value is -1.67. The number of carbonyl (C=O) groups is 3. The molecule has 0 aromatic rings. The molecule has 0 bridgehead atoms. The summed E-state index contributed by atoms with van der Waals surface area (Å²) in [5.74, 6) is -1.60. The van der Waals surface area contributed by atoms with Crippen LogP contribution in [0.5, 0.6) is 0 Å². The Morgan fingerprint density at radius 3 is 1.84 bits per heavy atom. The van der Waals surface area contributed by atoms with Crippen molar-refractivity contribution in [3.05, 3.63) is 0 Å². The van der Waals surface area contributed by atoms with Gasteiger partial charge in [0.15, 0.2) is 18.5 Å². The van der Waals surface area contributed by atoms with E-state index in [4.69, 9.17) is 23.7 Å². The zero-order chi connectivity index (χ0) is 18.7. The van der Waals surface area contributed by atoms with Gasteiger partial charge in [0.05, 0.1) is 18.8 Å². The van der Waals surface area contributed by atoms with Gasteiger partial charge >= 0.3 is 17.9 Å². The molecule has 0 aromatic heterocycles. The molecule has 8 heteroatoms. The molecule has 2 fully saturated rings. The van der Waals surface area contributed by atoms with Crippen molar-refractivity contribution in [3.8, 4) is 0 Å². The molecule has 1 saturated heterocycles. The van der Waals surface area contributed by atoms with Crippen molar-refractivity contribution in [2.75, 3.05) is 6.61 Å². The highest BCUT2D eigenvalue weighted by Gasteiger charge is 2.55. The summed E-state index contributed by atoms with van der Waals surface area (Å²) in [6.07, 6.45) is -2.99. The zero-order valence-corrected chi connectivity index (χ0v) is 15.2. The van der Waals surface area contributed by atoms with Crippen LogP contribution in [-0.4, -0.2) is 55.2 Å². The van der Waals surface area contributed by atoms with Gasteiger partial charge in [0.25, 0.3) is 0 Å². The molecule has 0 spiro atoms. The van der Waals surface area contributed by atoms with Gasteiger partial charge in [-0.05, 0) is 34.1 Å². The molecule has 8 nitrogen and oxygen atoms in total. The summed E-state index contributed by atoms with van der Waals surface area (Å²) in [6.45, 7) is 8.46. The average molecular weight is 358 g/mol. The molecule has 1 heterocycles. The molecule has 2 aliphatic rings. The van der Waals surface area contributed by atoms with Crippen LogP contribution < -0.4 is 0 Å². The lowest BCUT2D eigenvalue weighted by molar-refractivity contribution is -0.167. The van der Waals surface area contributed by atoms with E-state index in [0.717, 1.165) is 6.42 Å². The van der Waals surface area contributed by atoms with Crippen LogP contribution in [0.4, 0.5) is 0 Å². The Bertz CT molecular complexity index is 485. The summed E-state index contributed by atoms with van der Waals surface area (Å²) in [5.41, 5.74) is 0. The summed E-state index contributed by atoms with van der Waals surface area (Å²) < 4.78 is 26.6. The fraction of sp³-hybridized carbons (Fsp3) is 0.824. The van der Waals surface area contributed by atoms with Crippen molar-refractivity contribution in [2.45, 2.75) is 71.7 Å². The number of rotatable bonds is 7. The monoisotopic (exact) mass is 358 g/mol. The third kappa shape index (κ3) is 5.40. The Kier molecular flexibility index (Phi) is 6.40. The summed E-state index contributed by atoms with van der Waals surface area (Å²) in [4.78, 5) is 35.4. The fourth-order valence-corrected chi connectivity index (χ4v) is 2.64. The molecule has 0 N–H and O–H groups in total. The van der Waals surface area contributed by atoms with Crippen molar-refractivity contribution in [2.24, 2.45) is 11.8 Å². The standard InChI is InChI=1S/C17H26O8/c1-8(2)22-15(19)13-14(16(20)23-9(3)4)25-17(24-13)12-6-11(12)7-21-10(5)18/h8-9,11-14,17H,6-7H2,1-5H3. The molecule has 4 atom stereocenters. The van der Waals surface area contributed by atoms with Crippen LogP contribution in [0.2, 0.25) is 0 Å². The molecular weight excluding hydrogens is 332 g/mol. The van der Waals surface area contributed by atoms with Crippen LogP contribution in [0.3, 0.4) is 0 Å². The van der Waals surface area contributed by atoms with E-state index in [0.29, 0.717) is 0 Å². The molecule has 2 rings (SSSR count). The van der Waals surface area contributed by atoms with Gasteiger partial charge in [-0.1, -0.05) is 0 Å². The Labute approximate surface area is 147 Å². The van der Waals surface area contributed by atoms with Crippen molar-refractivity contribution in [3.63, 3.8) is 0 Å². The largest absolute Gasteiger partial charge is 0.466 e. The van der Waals surface area contributed by atoms with E-state index in [2.05, 4.69) is 0 Å². The minimum absolute atomic E-state index is 0.0365. The van der Waals surface area contributed by atoms with Crippen LogP contribution >= 0.6 is 0 Å². The predicted octanol–water partition coefficient (Wildman–Crippen LogP) is 1.20. The van der Waals surface area contributed by atoms with Crippen molar-refractivity contribution < 1.29 is 38.1 Å². The van der Waals surface area contributed by atoms with Crippen LogP contribution in [0.1, 0.15) is 41.0 Å². The zero-order valence-electron chi connectivity index (χ0n) is 15.2. The maximum atomic E-state index is 12.2. The number of carbonyl (C=O) groups excluding carboxylic acids is 3. The summed E-state index contributed by atoms with van der Waals surface area (Å²) >= 11 is 0. The second-order valence-electron chi connectivity index (χ2n) is 6.92. The van der Waals surface area contributed by atoms with E-state index in [1.807, 2.05) is 0 Å². The van der Waals surface area contributed by atoms with Crippen LogP contribution in [0, 0.1) is 11.8 Å². The summed E-state index contributed by atoms with van der Waals surface area (Å²) in [5, 5.41) is 0. The fourth-order valence-electron chi connectivity index (χ4n) is 2.64. The van der Waals surface area contributed by atoms with Crippen molar-refractivity contribution in [1.82, 2.24) is 0 Å². The highest BCUT2D eigenvalue weighted by atomic mass is 16.8. The quantitative estimate of drug-likeness (QED) is 0.495. The Morgan fingerprint density at radius 2 is 1.44 bits per heavy atom. The molecule has 1 aliphatic heterocycles. The van der Waals surface area contributed by atoms with Gasteiger partial charge in [0.1, 0.15) is 0 Å². The van der Waals surface area contributed by atoms with Crippen molar-refractivity contribution in [1.29, 1.82) is 0 Å². The second kappa shape index (κ2) is 8.14. The van der Waals surface area contributed by atoms with Crippen molar-refractivity contribution >= 4 is 17.9 Å². The molecule has 0 aromatic carbocycles. The first-order valence-corrected chi connectivity index (χ1v) is 8.54. The first-order chi connectivity index (χ1) is 11.7. The molecule has 0 radical (unpaired) electrons. The normalized spacial score (nSPS) is 31.1. The van der Waals surface area contributed by atoms with Gasteiger partial charge in [-0.3, -0.25) is 4.79 Å². The third-order valence-electron chi connectivity index (χ3n) is 3.83.